The molecule has 2 rings (SSSR count). The van der Waals surface area contributed by atoms with Crippen LogP contribution in [0.4, 0.5) is 4.39 Å². The Labute approximate surface area is 152 Å². The summed E-state index contributed by atoms with van der Waals surface area (Å²) in [7, 11) is 1.51. The van der Waals surface area contributed by atoms with Crippen molar-refractivity contribution in [2.24, 2.45) is 7.05 Å². The van der Waals surface area contributed by atoms with Gasteiger partial charge < -0.3 is 9.30 Å². The standard InChI is InChI=1S/C17H16BrClFNO3/c1-3-24-9-15(22)13-8-21(2)17(23)16(19)12(13)6-10-4-5-11(18)7-14(10)20/h4-5,7-8H,3,6,9H2,1-2H3. The summed E-state index contributed by atoms with van der Waals surface area (Å²) >= 11 is 9.35. The summed E-state index contributed by atoms with van der Waals surface area (Å²) in [6.07, 6.45) is 1.46. The lowest BCUT2D eigenvalue weighted by molar-refractivity contribution is 0.0781. The van der Waals surface area contributed by atoms with Crippen molar-refractivity contribution in [3.63, 3.8) is 0 Å². The zero-order valence-electron chi connectivity index (χ0n) is 13.2. The summed E-state index contributed by atoms with van der Waals surface area (Å²) in [6.45, 7) is 2.04. The van der Waals surface area contributed by atoms with Crippen LogP contribution < -0.4 is 5.56 Å². The van der Waals surface area contributed by atoms with Gasteiger partial charge in [-0.1, -0.05) is 33.6 Å². The highest BCUT2D eigenvalue weighted by Crippen LogP contribution is 2.24. The van der Waals surface area contributed by atoms with Gasteiger partial charge in [0.15, 0.2) is 5.78 Å². The molecule has 0 bridgehead atoms. The maximum absolute atomic E-state index is 14.1. The van der Waals surface area contributed by atoms with Crippen molar-refractivity contribution < 1.29 is 13.9 Å². The molecule has 0 aliphatic carbocycles. The highest BCUT2D eigenvalue weighted by molar-refractivity contribution is 9.10. The first-order chi connectivity index (χ1) is 11.3. The van der Waals surface area contributed by atoms with Gasteiger partial charge in [-0.25, -0.2) is 4.39 Å². The molecule has 0 aliphatic rings. The summed E-state index contributed by atoms with van der Waals surface area (Å²) in [4.78, 5) is 24.5. The predicted octanol–water partition coefficient (Wildman–Crippen LogP) is 3.75. The number of aromatic nitrogens is 1. The largest absolute Gasteiger partial charge is 0.374 e. The second kappa shape index (κ2) is 8.05. The Morgan fingerprint density at radius 3 is 2.75 bits per heavy atom. The van der Waals surface area contributed by atoms with Gasteiger partial charge >= 0.3 is 0 Å². The van der Waals surface area contributed by atoms with E-state index in [0.29, 0.717) is 22.2 Å². The number of halogens is 3. The predicted molar refractivity (Wildman–Crippen MR) is 94.4 cm³/mol. The van der Waals surface area contributed by atoms with E-state index in [1.165, 1.54) is 23.9 Å². The molecule has 0 amide bonds. The number of ether oxygens (including phenoxy) is 1. The van der Waals surface area contributed by atoms with Crippen molar-refractivity contribution in [1.82, 2.24) is 4.57 Å². The summed E-state index contributed by atoms with van der Waals surface area (Å²) in [5.74, 6) is -0.744. The second-order valence-electron chi connectivity index (χ2n) is 5.22. The number of ketones is 1. The van der Waals surface area contributed by atoms with Crippen LogP contribution in [-0.2, 0) is 18.2 Å². The molecular weight excluding hydrogens is 401 g/mol. The van der Waals surface area contributed by atoms with E-state index in [1.807, 2.05) is 0 Å². The number of rotatable bonds is 6. The number of carbonyl (C=O) groups excluding carboxylic acids is 1. The third kappa shape index (κ3) is 4.12. The summed E-state index contributed by atoms with van der Waals surface area (Å²) in [6, 6.07) is 4.60. The quantitative estimate of drug-likeness (QED) is 0.674. The fourth-order valence-corrected chi connectivity index (χ4v) is 2.91. The second-order valence-corrected chi connectivity index (χ2v) is 6.52. The minimum absolute atomic E-state index is 0.0429. The van der Waals surface area contributed by atoms with Gasteiger partial charge in [0.2, 0.25) is 0 Å². The molecule has 0 unspecified atom stereocenters. The van der Waals surface area contributed by atoms with E-state index >= 15 is 0 Å². The van der Waals surface area contributed by atoms with Gasteiger partial charge in [0, 0.05) is 36.3 Å². The van der Waals surface area contributed by atoms with E-state index in [-0.39, 0.29) is 29.4 Å². The van der Waals surface area contributed by atoms with Crippen molar-refractivity contribution in [2.45, 2.75) is 13.3 Å². The average molecular weight is 417 g/mol. The third-order valence-corrected chi connectivity index (χ3v) is 4.42. The van der Waals surface area contributed by atoms with Crippen LogP contribution in [0.25, 0.3) is 0 Å². The number of nitrogens with zero attached hydrogens (tertiary/aromatic N) is 1. The van der Waals surface area contributed by atoms with E-state index in [0.717, 1.165) is 0 Å². The highest BCUT2D eigenvalue weighted by atomic mass is 79.9. The molecule has 128 valence electrons. The molecule has 0 spiro atoms. The Hall–Kier alpha value is -1.50. The molecule has 1 aromatic carbocycles. The van der Waals surface area contributed by atoms with E-state index in [1.54, 1.807) is 19.1 Å². The fraction of sp³-hybridized carbons (Fsp3) is 0.294. The van der Waals surface area contributed by atoms with Gasteiger partial charge in [-0.3, -0.25) is 9.59 Å². The molecule has 1 aromatic heterocycles. The maximum atomic E-state index is 14.1. The SMILES string of the molecule is CCOCC(=O)c1cn(C)c(=O)c(Cl)c1Cc1ccc(Br)cc1F. The number of carbonyl (C=O) groups is 1. The van der Waals surface area contributed by atoms with Gasteiger partial charge in [-0.2, -0.15) is 0 Å². The van der Waals surface area contributed by atoms with Crippen molar-refractivity contribution in [3.05, 3.63) is 66.8 Å². The minimum atomic E-state index is -0.440. The number of aryl methyl sites for hydroxylation is 1. The molecule has 0 saturated heterocycles. The van der Waals surface area contributed by atoms with Crippen LogP contribution in [0.2, 0.25) is 5.02 Å². The first-order valence-corrected chi connectivity index (χ1v) is 8.45. The molecule has 4 nitrogen and oxygen atoms in total. The maximum Gasteiger partial charge on any atom is 0.269 e. The van der Waals surface area contributed by atoms with Crippen LogP contribution in [0.3, 0.4) is 0 Å². The number of hydrogen-bond donors (Lipinski definition) is 0. The van der Waals surface area contributed by atoms with Crippen LogP contribution in [0.1, 0.15) is 28.4 Å². The monoisotopic (exact) mass is 415 g/mol. The van der Waals surface area contributed by atoms with Gasteiger partial charge in [0.25, 0.3) is 5.56 Å². The Morgan fingerprint density at radius 2 is 2.12 bits per heavy atom. The van der Waals surface area contributed by atoms with Crippen molar-refractivity contribution in [3.8, 4) is 0 Å². The summed E-state index contributed by atoms with van der Waals surface area (Å²) in [5.41, 5.74) is 0.486. The highest BCUT2D eigenvalue weighted by Gasteiger charge is 2.20. The molecule has 2 aromatic rings. The Balaban J connectivity index is 2.52. The average Bonchev–Trinajstić information content (AvgIpc) is 2.54. The lowest BCUT2D eigenvalue weighted by Crippen LogP contribution is -2.23. The Morgan fingerprint density at radius 1 is 1.42 bits per heavy atom. The lowest BCUT2D eigenvalue weighted by atomic mass is 9.98. The molecule has 7 heteroatoms. The van der Waals surface area contributed by atoms with Crippen LogP contribution in [0.5, 0.6) is 0 Å². The minimum Gasteiger partial charge on any atom is -0.374 e. The number of Topliss-reactive ketones (excluding diaryl/α,β-unsaturated/α-hetero) is 1. The number of hydrogen-bond acceptors (Lipinski definition) is 3. The van der Waals surface area contributed by atoms with Crippen LogP contribution in [0, 0.1) is 5.82 Å². The van der Waals surface area contributed by atoms with Gasteiger partial charge in [-0.05, 0) is 30.2 Å². The van der Waals surface area contributed by atoms with Crippen LogP contribution in [-0.4, -0.2) is 23.6 Å². The molecule has 0 saturated carbocycles. The molecule has 0 N–H and O–H groups in total. The van der Waals surface area contributed by atoms with Crippen LogP contribution >= 0.6 is 27.5 Å². The molecular formula is C17H16BrClFNO3. The Bertz CT molecular complexity index is 835. The summed E-state index contributed by atoms with van der Waals surface area (Å²) in [5, 5.41) is -0.0813. The van der Waals surface area contributed by atoms with E-state index in [9.17, 15) is 14.0 Å². The molecule has 1 heterocycles. The van der Waals surface area contributed by atoms with Crippen molar-refractivity contribution >= 4 is 33.3 Å². The van der Waals surface area contributed by atoms with Crippen molar-refractivity contribution in [2.75, 3.05) is 13.2 Å². The van der Waals surface area contributed by atoms with Gasteiger partial charge in [0.1, 0.15) is 17.4 Å². The molecule has 0 aliphatic heterocycles. The van der Waals surface area contributed by atoms with E-state index < -0.39 is 11.4 Å². The zero-order chi connectivity index (χ0) is 17.9. The number of pyridine rings is 1. The molecule has 24 heavy (non-hydrogen) atoms. The number of benzene rings is 1. The van der Waals surface area contributed by atoms with E-state index in [4.69, 9.17) is 16.3 Å². The van der Waals surface area contributed by atoms with Gasteiger partial charge in [0.05, 0.1) is 0 Å². The van der Waals surface area contributed by atoms with Crippen LogP contribution in [0.15, 0.2) is 33.7 Å². The smallest absolute Gasteiger partial charge is 0.269 e. The normalized spacial score (nSPS) is 10.9. The molecule has 0 atom stereocenters. The van der Waals surface area contributed by atoms with E-state index in [2.05, 4.69) is 15.9 Å². The third-order valence-electron chi connectivity index (χ3n) is 3.54. The molecule has 0 fully saturated rings. The van der Waals surface area contributed by atoms with Gasteiger partial charge in [-0.15, -0.1) is 0 Å². The van der Waals surface area contributed by atoms with Crippen molar-refractivity contribution in [1.29, 1.82) is 0 Å². The topological polar surface area (TPSA) is 48.3 Å². The molecule has 0 radical (unpaired) electrons. The summed E-state index contributed by atoms with van der Waals surface area (Å²) < 4.78 is 21.1. The fourth-order valence-electron chi connectivity index (χ4n) is 2.27. The first-order valence-electron chi connectivity index (χ1n) is 7.28. The zero-order valence-corrected chi connectivity index (χ0v) is 15.6. The lowest BCUT2D eigenvalue weighted by Gasteiger charge is -2.13. The first kappa shape index (κ1) is 18.8. The Kier molecular flexibility index (Phi) is 6.32.